The number of nitrogens with one attached hydrogen (secondary N) is 1. The van der Waals surface area contributed by atoms with E-state index in [-0.39, 0.29) is 12.0 Å². The number of aromatic amines is 1. The second-order valence-corrected chi connectivity index (χ2v) is 11.5. The summed E-state index contributed by atoms with van der Waals surface area (Å²) in [6, 6.07) is 0. The number of H-pyrrole nitrogens is 1. The number of aryl methyl sites for hydroxylation is 1. The molecule has 1 aliphatic heterocycles. The van der Waals surface area contributed by atoms with Gasteiger partial charge in [-0.2, -0.15) is 8.62 Å². The first-order valence-electron chi connectivity index (χ1n) is 8.50. The van der Waals surface area contributed by atoms with Crippen molar-refractivity contribution in [2.75, 3.05) is 6.61 Å². The number of rotatable bonds is 8. The van der Waals surface area contributed by atoms with Crippen molar-refractivity contribution in [3.8, 4) is 0 Å². The fraction of sp³-hybridized carbons (Fsp3) is 0.667. The third kappa shape index (κ3) is 5.33. The zero-order chi connectivity index (χ0) is 23.4. The molecule has 2 bridgehead atoms. The standard InChI is InChI=1S/C12H19N2O14P3/c1-6-4-14(11(17)13-9(6)16)10-7-2-3-12(26-10,8(7)15)5-25-30(21,22)28-31(23,24)27-29(18,19)20/h4,7-8,10,15H,2-3,5H2,1H3,(H,21,22)(H,23,24)(H,13,16,17)(H2,18,19,20)/t7-,8+,10-,12-/m1/s1. The molecule has 2 heterocycles. The molecule has 0 amide bonds. The lowest BCUT2D eigenvalue weighted by molar-refractivity contribution is -0.138. The summed E-state index contributed by atoms with van der Waals surface area (Å²) < 4.78 is 52.6. The van der Waals surface area contributed by atoms with E-state index in [1.165, 1.54) is 13.1 Å². The van der Waals surface area contributed by atoms with Gasteiger partial charge in [0.1, 0.15) is 11.8 Å². The van der Waals surface area contributed by atoms with Crippen molar-refractivity contribution in [1.29, 1.82) is 0 Å². The monoisotopic (exact) mass is 508 g/mol. The second-order valence-electron chi connectivity index (χ2n) is 7.06. The van der Waals surface area contributed by atoms with E-state index in [1.54, 1.807) is 0 Å². The predicted octanol–water partition coefficient (Wildman–Crippen LogP) is -0.773. The van der Waals surface area contributed by atoms with Gasteiger partial charge in [0.05, 0.1) is 12.7 Å². The predicted molar refractivity (Wildman–Crippen MR) is 97.5 cm³/mol. The van der Waals surface area contributed by atoms with E-state index in [0.29, 0.717) is 6.42 Å². The van der Waals surface area contributed by atoms with Crippen molar-refractivity contribution < 1.29 is 56.3 Å². The van der Waals surface area contributed by atoms with E-state index in [2.05, 4.69) is 18.1 Å². The Kier molecular flexibility index (Phi) is 6.44. The van der Waals surface area contributed by atoms with Crippen molar-refractivity contribution >= 4 is 23.5 Å². The molecule has 2 unspecified atom stereocenters. The van der Waals surface area contributed by atoms with Gasteiger partial charge >= 0.3 is 29.2 Å². The lowest BCUT2D eigenvalue weighted by Gasteiger charge is -2.31. The highest BCUT2D eigenvalue weighted by molar-refractivity contribution is 7.66. The Balaban J connectivity index is 1.75. The summed E-state index contributed by atoms with van der Waals surface area (Å²) in [5.74, 6) is -0.646. The Labute approximate surface area is 172 Å². The van der Waals surface area contributed by atoms with Crippen molar-refractivity contribution in [3.63, 3.8) is 0 Å². The maximum absolute atomic E-state index is 12.1. The first-order valence-corrected chi connectivity index (χ1v) is 13.0. The number of hydrogen-bond donors (Lipinski definition) is 6. The van der Waals surface area contributed by atoms with Gasteiger partial charge in [-0.15, -0.1) is 0 Å². The molecule has 1 aromatic rings. The average Bonchev–Trinajstić information content (AvgIpc) is 3.03. The van der Waals surface area contributed by atoms with Gasteiger partial charge in [-0.3, -0.25) is 18.9 Å². The van der Waals surface area contributed by atoms with Crippen LogP contribution in [-0.2, 0) is 31.6 Å². The summed E-state index contributed by atoms with van der Waals surface area (Å²) in [5.41, 5.74) is -2.82. The van der Waals surface area contributed by atoms with Gasteiger partial charge in [0.2, 0.25) is 0 Å². The maximum Gasteiger partial charge on any atom is 0.490 e. The fourth-order valence-corrected chi connectivity index (χ4v) is 6.66. The van der Waals surface area contributed by atoms with Crippen LogP contribution in [0, 0.1) is 12.8 Å². The zero-order valence-electron chi connectivity index (χ0n) is 15.6. The molecule has 16 nitrogen and oxygen atoms in total. The van der Waals surface area contributed by atoms with E-state index in [1.807, 2.05) is 0 Å². The molecule has 0 aromatic carbocycles. The van der Waals surface area contributed by atoms with Crippen LogP contribution < -0.4 is 11.2 Å². The molecule has 0 radical (unpaired) electrons. The average molecular weight is 508 g/mol. The van der Waals surface area contributed by atoms with Gasteiger partial charge < -0.3 is 29.4 Å². The van der Waals surface area contributed by atoms with Gasteiger partial charge in [0.15, 0.2) is 0 Å². The van der Waals surface area contributed by atoms with E-state index in [9.17, 15) is 38.2 Å². The summed E-state index contributed by atoms with van der Waals surface area (Å²) >= 11 is 0. The zero-order valence-corrected chi connectivity index (χ0v) is 18.3. The molecule has 1 saturated heterocycles. The highest BCUT2D eigenvalue weighted by atomic mass is 31.3. The van der Waals surface area contributed by atoms with Crippen molar-refractivity contribution in [2.45, 2.75) is 37.7 Å². The first kappa shape index (κ1) is 24.6. The molecule has 2 fully saturated rings. The minimum Gasteiger partial charge on any atom is -0.390 e. The number of nitrogens with zero attached hydrogens (tertiary/aromatic N) is 1. The summed E-state index contributed by atoms with van der Waals surface area (Å²) in [6.07, 6.45) is -0.687. The van der Waals surface area contributed by atoms with Gasteiger partial charge in [0.25, 0.3) is 5.56 Å². The SMILES string of the molecule is Cc1cn([C@@H]2O[C@@]3(COP(=O)(O)OP(=O)(O)OP(=O)(O)O)CC[C@@H]2[C@@H]3O)c(=O)[nH]c1=O. The fourth-order valence-electron chi connectivity index (χ4n) is 3.59. The number of phosphoric acid groups is 3. The highest BCUT2D eigenvalue weighted by Crippen LogP contribution is 2.67. The van der Waals surface area contributed by atoms with Crippen LogP contribution in [0.4, 0.5) is 0 Å². The topological polar surface area (TPSA) is 244 Å². The van der Waals surface area contributed by atoms with Crippen LogP contribution in [0.25, 0.3) is 0 Å². The molecule has 1 aliphatic carbocycles. The number of phosphoric ester groups is 1. The Hall–Kier alpha value is -0.990. The minimum atomic E-state index is -5.69. The summed E-state index contributed by atoms with van der Waals surface area (Å²) in [7, 11) is -16.7. The van der Waals surface area contributed by atoms with E-state index >= 15 is 0 Å². The van der Waals surface area contributed by atoms with Crippen molar-refractivity contribution in [3.05, 3.63) is 32.6 Å². The van der Waals surface area contributed by atoms with Crippen LogP contribution in [0.5, 0.6) is 0 Å². The number of aliphatic hydroxyl groups is 1. The van der Waals surface area contributed by atoms with Crippen LogP contribution in [-0.4, -0.2) is 52.5 Å². The largest absolute Gasteiger partial charge is 0.490 e. The van der Waals surface area contributed by atoms with Crippen molar-refractivity contribution in [2.24, 2.45) is 5.92 Å². The Morgan fingerprint density at radius 1 is 1.19 bits per heavy atom. The second kappa shape index (κ2) is 8.10. The molecule has 6 N–H and O–H groups in total. The molecule has 0 spiro atoms. The first-order chi connectivity index (χ1) is 14.0. The molecular formula is C12H19N2O14P3. The minimum absolute atomic E-state index is 0.113. The molecule has 6 atom stereocenters. The normalized spacial score (nSPS) is 32.0. The third-order valence-electron chi connectivity index (χ3n) is 4.88. The summed E-state index contributed by atoms with van der Waals surface area (Å²) in [5, 5.41) is 10.6. The van der Waals surface area contributed by atoms with E-state index in [0.717, 1.165) is 4.57 Å². The van der Waals surface area contributed by atoms with Gasteiger partial charge in [-0.25, -0.2) is 18.5 Å². The molecule has 31 heavy (non-hydrogen) atoms. The summed E-state index contributed by atoms with van der Waals surface area (Å²) in [4.78, 5) is 61.6. The third-order valence-corrected chi connectivity index (χ3v) is 8.66. The Morgan fingerprint density at radius 2 is 1.84 bits per heavy atom. The Bertz CT molecular complexity index is 1120. The molecular weight excluding hydrogens is 489 g/mol. The lowest BCUT2D eigenvalue weighted by atomic mass is 10.0. The van der Waals surface area contributed by atoms with Gasteiger partial charge in [0, 0.05) is 17.7 Å². The molecule has 1 aromatic heterocycles. The molecule has 176 valence electrons. The van der Waals surface area contributed by atoms with Crippen LogP contribution in [0.2, 0.25) is 0 Å². The summed E-state index contributed by atoms with van der Waals surface area (Å²) in [6.45, 7) is 0.603. The number of ether oxygens (including phenoxy) is 1. The van der Waals surface area contributed by atoms with Crippen LogP contribution in [0.15, 0.2) is 15.8 Å². The van der Waals surface area contributed by atoms with E-state index < -0.39 is 65.2 Å². The smallest absolute Gasteiger partial charge is 0.390 e. The number of aliphatic hydroxyl groups excluding tert-OH is 1. The van der Waals surface area contributed by atoms with E-state index in [4.69, 9.17) is 14.5 Å². The molecule has 3 rings (SSSR count). The van der Waals surface area contributed by atoms with Crippen LogP contribution in [0.3, 0.4) is 0 Å². The van der Waals surface area contributed by atoms with Gasteiger partial charge in [-0.05, 0) is 19.8 Å². The van der Waals surface area contributed by atoms with Crippen LogP contribution >= 0.6 is 23.5 Å². The number of aromatic nitrogens is 2. The molecule has 2 aliphatic rings. The van der Waals surface area contributed by atoms with Crippen LogP contribution in [0.1, 0.15) is 24.6 Å². The number of fused-ring (bicyclic) bond motifs is 2. The van der Waals surface area contributed by atoms with Crippen molar-refractivity contribution in [1.82, 2.24) is 9.55 Å². The number of hydrogen-bond acceptors (Lipinski definition) is 10. The Morgan fingerprint density at radius 3 is 2.45 bits per heavy atom. The van der Waals surface area contributed by atoms with Gasteiger partial charge in [-0.1, -0.05) is 0 Å². The molecule has 19 heteroatoms. The molecule has 1 saturated carbocycles. The highest BCUT2D eigenvalue weighted by Gasteiger charge is 2.61. The lowest BCUT2D eigenvalue weighted by Crippen LogP contribution is -2.42. The maximum atomic E-state index is 12.1. The quantitative estimate of drug-likeness (QED) is 0.236.